The van der Waals surface area contributed by atoms with Crippen LogP contribution in [0.1, 0.15) is 30.4 Å². The third-order valence-corrected chi connectivity index (χ3v) is 10.00. The van der Waals surface area contributed by atoms with E-state index < -0.39 is 15.9 Å². The molecule has 1 aromatic heterocycles. The minimum absolute atomic E-state index is 0.0214. The number of fused-ring (bicyclic) bond motifs is 6. The number of carbonyl (C=O) groups excluding carboxylic acids is 1. The number of rotatable bonds is 4. The van der Waals surface area contributed by atoms with Gasteiger partial charge in [-0.05, 0) is 59.7 Å². The topological polar surface area (TPSA) is 125 Å². The molecule has 0 radical (unpaired) electrons. The SMILES string of the molecule is NCc1csc2c1S(=O)(=O)N=C(C1=C(O)C3C([C@H]4CC[C@@H]3C4)N(Cc3ccc(F)cc3)C1=O)N2. The van der Waals surface area contributed by atoms with E-state index in [0.29, 0.717) is 10.6 Å². The second kappa shape index (κ2) is 7.62. The first-order valence-corrected chi connectivity index (χ1v) is 13.5. The number of nitrogens with two attached hydrogens (primary N) is 1. The smallest absolute Gasteiger partial charge is 0.287 e. The number of aliphatic hydroxyl groups is 1. The Morgan fingerprint density at radius 3 is 2.71 bits per heavy atom. The molecule has 1 amide bonds. The van der Waals surface area contributed by atoms with E-state index in [1.807, 2.05) is 0 Å². The van der Waals surface area contributed by atoms with E-state index >= 15 is 0 Å². The number of halogens is 1. The number of nitrogens with one attached hydrogen (secondary N) is 1. The van der Waals surface area contributed by atoms with Crippen LogP contribution in [0.25, 0.3) is 0 Å². The highest BCUT2D eigenvalue weighted by Crippen LogP contribution is 2.55. The van der Waals surface area contributed by atoms with Crippen LogP contribution in [0.3, 0.4) is 0 Å². The predicted molar refractivity (Wildman–Crippen MR) is 125 cm³/mol. The molecule has 2 bridgehead atoms. The summed E-state index contributed by atoms with van der Waals surface area (Å²) < 4.78 is 43.4. The van der Waals surface area contributed by atoms with E-state index in [1.165, 1.54) is 23.5 Å². The Hall–Kier alpha value is -2.76. The fourth-order valence-electron chi connectivity index (χ4n) is 6.13. The Kier molecular flexibility index (Phi) is 4.88. The van der Waals surface area contributed by atoms with E-state index in [4.69, 9.17) is 5.73 Å². The zero-order valence-electron chi connectivity index (χ0n) is 18.1. The lowest BCUT2D eigenvalue weighted by Gasteiger charge is -2.44. The molecule has 178 valence electrons. The van der Waals surface area contributed by atoms with Crippen molar-refractivity contribution in [3.63, 3.8) is 0 Å². The second-order valence-electron chi connectivity index (χ2n) is 9.33. The largest absolute Gasteiger partial charge is 0.511 e. The van der Waals surface area contributed by atoms with E-state index in [2.05, 4.69) is 9.71 Å². The summed E-state index contributed by atoms with van der Waals surface area (Å²) in [6, 6.07) is 5.79. The van der Waals surface area contributed by atoms with Gasteiger partial charge in [-0.25, -0.2) is 4.39 Å². The van der Waals surface area contributed by atoms with Crippen LogP contribution < -0.4 is 11.1 Å². The lowest BCUT2D eigenvalue weighted by molar-refractivity contribution is -0.134. The zero-order chi connectivity index (χ0) is 23.8. The average Bonchev–Trinajstić information content (AvgIpc) is 3.52. The maximum atomic E-state index is 13.8. The van der Waals surface area contributed by atoms with Gasteiger partial charge in [0.2, 0.25) is 0 Å². The van der Waals surface area contributed by atoms with Crippen molar-refractivity contribution in [2.75, 3.05) is 5.32 Å². The van der Waals surface area contributed by atoms with Gasteiger partial charge in [0.1, 0.15) is 27.0 Å². The van der Waals surface area contributed by atoms with Crippen molar-refractivity contribution in [2.45, 2.75) is 43.3 Å². The van der Waals surface area contributed by atoms with Crippen molar-refractivity contribution < 1.29 is 22.7 Å². The highest BCUT2D eigenvalue weighted by Gasteiger charge is 2.57. The normalized spacial score (nSPS) is 29.1. The van der Waals surface area contributed by atoms with E-state index in [9.17, 15) is 22.7 Å². The van der Waals surface area contributed by atoms with Crippen LogP contribution in [0.15, 0.2) is 50.3 Å². The number of aliphatic hydroxyl groups excluding tert-OH is 1. The molecule has 34 heavy (non-hydrogen) atoms. The Labute approximate surface area is 200 Å². The Balaban J connectivity index is 1.44. The summed E-state index contributed by atoms with van der Waals surface area (Å²) in [5, 5.41) is 16.3. The number of nitrogens with zero attached hydrogens (tertiary/aromatic N) is 2. The monoisotopic (exact) mass is 502 g/mol. The summed E-state index contributed by atoms with van der Waals surface area (Å²) >= 11 is 1.17. The first-order valence-electron chi connectivity index (χ1n) is 11.2. The third kappa shape index (κ3) is 3.14. The quantitative estimate of drug-likeness (QED) is 0.590. The van der Waals surface area contributed by atoms with Gasteiger partial charge < -0.3 is 21.1 Å². The van der Waals surface area contributed by atoms with Crippen LogP contribution in [-0.2, 0) is 27.9 Å². The van der Waals surface area contributed by atoms with Crippen molar-refractivity contribution in [3.05, 3.63) is 57.9 Å². The Morgan fingerprint density at radius 1 is 1.24 bits per heavy atom. The van der Waals surface area contributed by atoms with Gasteiger partial charge in [-0.2, -0.15) is 8.42 Å². The zero-order valence-corrected chi connectivity index (χ0v) is 19.7. The summed E-state index contributed by atoms with van der Waals surface area (Å²) in [7, 11) is -4.10. The van der Waals surface area contributed by atoms with Crippen molar-refractivity contribution in [1.82, 2.24) is 4.90 Å². The number of hydrogen-bond donors (Lipinski definition) is 3. The number of amidine groups is 1. The number of benzene rings is 1. The maximum absolute atomic E-state index is 13.8. The van der Waals surface area contributed by atoms with Gasteiger partial charge in [0, 0.05) is 25.0 Å². The number of hydrogen-bond acceptors (Lipinski definition) is 7. The molecule has 11 heteroatoms. The summed E-state index contributed by atoms with van der Waals surface area (Å²) in [4.78, 5) is 15.5. The van der Waals surface area contributed by atoms with Gasteiger partial charge in [0.05, 0.1) is 0 Å². The molecular weight excluding hydrogens is 479 g/mol. The first-order chi connectivity index (χ1) is 16.3. The van der Waals surface area contributed by atoms with Gasteiger partial charge >= 0.3 is 0 Å². The predicted octanol–water partition coefficient (Wildman–Crippen LogP) is 3.13. The van der Waals surface area contributed by atoms with Gasteiger partial charge in [-0.3, -0.25) is 4.79 Å². The average molecular weight is 503 g/mol. The summed E-state index contributed by atoms with van der Waals surface area (Å²) in [6.45, 7) is 0.282. The molecule has 2 aliphatic carbocycles. The molecule has 4 aliphatic rings. The lowest BCUT2D eigenvalue weighted by atomic mass is 9.77. The first kappa shape index (κ1) is 21.8. The lowest BCUT2D eigenvalue weighted by Crippen LogP contribution is -2.53. The van der Waals surface area contributed by atoms with Crippen LogP contribution in [0.5, 0.6) is 0 Å². The minimum Gasteiger partial charge on any atom is -0.511 e. The molecule has 0 saturated heterocycles. The van der Waals surface area contributed by atoms with Crippen LogP contribution in [0, 0.1) is 23.6 Å². The van der Waals surface area contributed by atoms with Crippen LogP contribution in [-0.4, -0.2) is 36.2 Å². The molecule has 1 aromatic carbocycles. The number of anilines is 1. The molecular formula is C23H23FN4O4S2. The van der Waals surface area contributed by atoms with Gasteiger partial charge in [-0.15, -0.1) is 15.7 Å². The van der Waals surface area contributed by atoms with Crippen molar-refractivity contribution in [2.24, 2.45) is 27.9 Å². The van der Waals surface area contributed by atoms with E-state index in [1.54, 1.807) is 22.4 Å². The number of carbonyl (C=O) groups is 1. The molecule has 8 nitrogen and oxygen atoms in total. The minimum atomic E-state index is -4.10. The van der Waals surface area contributed by atoms with Gasteiger partial charge in [0.15, 0.2) is 5.84 Å². The van der Waals surface area contributed by atoms with Crippen LogP contribution in [0.4, 0.5) is 9.39 Å². The molecule has 2 aliphatic heterocycles. The molecule has 6 rings (SSSR count). The Morgan fingerprint density at radius 2 is 1.97 bits per heavy atom. The van der Waals surface area contributed by atoms with Crippen molar-refractivity contribution >= 4 is 38.1 Å². The highest BCUT2D eigenvalue weighted by molar-refractivity contribution is 7.90. The van der Waals surface area contributed by atoms with Crippen molar-refractivity contribution in [1.29, 1.82) is 0 Å². The highest BCUT2D eigenvalue weighted by atomic mass is 32.2. The Bertz CT molecular complexity index is 1370. The van der Waals surface area contributed by atoms with Gasteiger partial charge in [0.25, 0.3) is 15.9 Å². The summed E-state index contributed by atoms with van der Waals surface area (Å²) in [6.07, 6.45) is 2.84. The van der Waals surface area contributed by atoms with Gasteiger partial charge in [-0.1, -0.05) is 12.1 Å². The molecule has 2 fully saturated rings. The second-order valence-corrected chi connectivity index (χ2v) is 11.8. The van der Waals surface area contributed by atoms with Crippen LogP contribution >= 0.6 is 11.3 Å². The third-order valence-electron chi connectivity index (χ3n) is 7.52. The molecule has 3 heterocycles. The fraction of sp³-hybridized carbons (Fsp3) is 0.391. The molecule has 2 unspecified atom stereocenters. The summed E-state index contributed by atoms with van der Waals surface area (Å²) in [5.41, 5.74) is 6.80. The number of thiophene rings is 1. The molecule has 4 atom stereocenters. The number of sulfonamides is 1. The standard InChI is InChI=1S/C23H23FN4O4S2/c24-15-5-1-11(2-6-15)9-28-18-13-4-3-12(7-13)16(18)19(29)17(23(28)30)21-26-22-20(34(31,32)27-21)14(8-25)10-33-22/h1-2,5-6,10,12-13,16,18,29H,3-4,7-9,25H2,(H,26,27)/t12-,13+,16?,18?/m1/s1. The van der Waals surface area contributed by atoms with E-state index in [-0.39, 0.29) is 64.8 Å². The molecule has 2 saturated carbocycles. The summed E-state index contributed by atoms with van der Waals surface area (Å²) in [5.74, 6) is -0.873. The molecule has 2 aromatic rings. The van der Waals surface area contributed by atoms with Crippen molar-refractivity contribution in [3.8, 4) is 0 Å². The fourth-order valence-corrected chi connectivity index (χ4v) is 8.76. The number of amides is 1. The van der Waals surface area contributed by atoms with Crippen LogP contribution in [0.2, 0.25) is 0 Å². The molecule has 4 N–H and O–H groups in total. The molecule has 0 spiro atoms. The van der Waals surface area contributed by atoms with E-state index in [0.717, 1.165) is 24.8 Å². The maximum Gasteiger partial charge on any atom is 0.287 e.